The molecule has 0 radical (unpaired) electrons. The number of halogens is 4. The molecule has 0 aromatic carbocycles. The van der Waals surface area contributed by atoms with Gasteiger partial charge in [0.05, 0.1) is 12.6 Å². The van der Waals surface area contributed by atoms with E-state index in [1.165, 1.54) is 19.3 Å². The van der Waals surface area contributed by atoms with Gasteiger partial charge in [0.15, 0.2) is 0 Å². The third-order valence-corrected chi connectivity index (χ3v) is 4.34. The van der Waals surface area contributed by atoms with E-state index in [9.17, 15) is 13.6 Å². The van der Waals surface area contributed by atoms with E-state index in [0.29, 0.717) is 12.6 Å². The highest BCUT2D eigenvalue weighted by Crippen LogP contribution is 2.25. The fourth-order valence-corrected chi connectivity index (χ4v) is 3.16. The molecule has 0 aromatic rings. The summed E-state index contributed by atoms with van der Waals surface area (Å²) in [7, 11) is 0. The van der Waals surface area contributed by atoms with Gasteiger partial charge in [0.1, 0.15) is 0 Å². The summed E-state index contributed by atoms with van der Waals surface area (Å²) in [6.45, 7) is 4.22. The third kappa shape index (κ3) is 6.14. The van der Waals surface area contributed by atoms with Crippen LogP contribution < -0.4 is 10.6 Å². The van der Waals surface area contributed by atoms with Gasteiger partial charge in [-0.3, -0.25) is 15.0 Å². The maximum atomic E-state index is 13.0. The van der Waals surface area contributed by atoms with E-state index in [0.717, 1.165) is 19.5 Å². The first-order chi connectivity index (χ1) is 9.52. The zero-order chi connectivity index (χ0) is 14.6. The van der Waals surface area contributed by atoms with Crippen LogP contribution in [0.25, 0.3) is 0 Å². The summed E-state index contributed by atoms with van der Waals surface area (Å²) in [5.41, 5.74) is 0. The lowest BCUT2D eigenvalue weighted by atomic mass is 10.0. The van der Waals surface area contributed by atoms with Crippen molar-refractivity contribution in [2.45, 2.75) is 57.0 Å². The highest BCUT2D eigenvalue weighted by Gasteiger charge is 2.42. The molecule has 0 aromatic heterocycles. The number of rotatable bonds is 5. The minimum atomic E-state index is -2.75. The first kappa shape index (κ1) is 21.8. The monoisotopic (exact) mass is 361 g/mol. The fraction of sp³-hybridized carbons (Fsp3) is 0.929. The number of nitrogens with zero attached hydrogens (tertiary/aromatic N) is 1. The van der Waals surface area contributed by atoms with Crippen molar-refractivity contribution < 1.29 is 13.6 Å². The fourth-order valence-electron chi connectivity index (χ4n) is 3.16. The Labute approximate surface area is 143 Å². The maximum absolute atomic E-state index is 13.0. The quantitative estimate of drug-likeness (QED) is 0.788. The zero-order valence-electron chi connectivity index (χ0n) is 12.9. The van der Waals surface area contributed by atoms with Gasteiger partial charge in [0.25, 0.3) is 5.92 Å². The molecule has 8 heteroatoms. The van der Waals surface area contributed by atoms with Crippen molar-refractivity contribution >= 4 is 30.7 Å². The van der Waals surface area contributed by atoms with Crippen molar-refractivity contribution in [2.24, 2.45) is 0 Å². The number of hydrogen-bond acceptors (Lipinski definition) is 3. The number of piperidine rings is 1. The van der Waals surface area contributed by atoms with E-state index in [-0.39, 0.29) is 37.1 Å². The van der Waals surface area contributed by atoms with E-state index in [1.54, 1.807) is 0 Å². The van der Waals surface area contributed by atoms with Crippen LogP contribution in [0.1, 0.15) is 39.0 Å². The van der Waals surface area contributed by atoms with Gasteiger partial charge < -0.3 is 5.32 Å². The van der Waals surface area contributed by atoms with Crippen LogP contribution >= 0.6 is 24.8 Å². The lowest BCUT2D eigenvalue weighted by Crippen LogP contribution is -2.46. The summed E-state index contributed by atoms with van der Waals surface area (Å²) in [5.74, 6) is -3.05. The summed E-state index contributed by atoms with van der Waals surface area (Å²) >= 11 is 0. The first-order valence-electron chi connectivity index (χ1n) is 7.65. The van der Waals surface area contributed by atoms with Gasteiger partial charge >= 0.3 is 0 Å². The highest BCUT2D eigenvalue weighted by molar-refractivity contribution is 5.85. The number of likely N-dealkylation sites (tertiary alicyclic amines) is 1. The molecule has 2 aliphatic rings. The molecule has 2 heterocycles. The number of nitrogens with one attached hydrogen (secondary N) is 2. The summed E-state index contributed by atoms with van der Waals surface area (Å²) in [5, 5.41) is 5.36. The van der Waals surface area contributed by atoms with Crippen molar-refractivity contribution in [1.82, 2.24) is 15.5 Å². The molecule has 2 atom stereocenters. The lowest BCUT2D eigenvalue weighted by Gasteiger charge is -2.35. The Balaban J connectivity index is 0.00000220. The minimum absolute atomic E-state index is 0. The average molecular weight is 362 g/mol. The molecule has 2 rings (SSSR count). The predicted molar refractivity (Wildman–Crippen MR) is 88.4 cm³/mol. The Morgan fingerprint density at radius 3 is 2.68 bits per heavy atom. The van der Waals surface area contributed by atoms with Crippen molar-refractivity contribution in [1.29, 1.82) is 0 Å². The third-order valence-electron chi connectivity index (χ3n) is 4.34. The average Bonchev–Trinajstić information content (AvgIpc) is 2.79. The molecular formula is C14H27Cl2F2N3O. The molecule has 4 nitrogen and oxygen atoms in total. The van der Waals surface area contributed by atoms with Gasteiger partial charge in [0, 0.05) is 25.6 Å². The van der Waals surface area contributed by atoms with Gasteiger partial charge in [-0.2, -0.15) is 0 Å². The van der Waals surface area contributed by atoms with Gasteiger partial charge in [0.2, 0.25) is 5.91 Å². The second-order valence-corrected chi connectivity index (χ2v) is 5.88. The Morgan fingerprint density at radius 1 is 1.36 bits per heavy atom. The number of amides is 1. The Kier molecular flexibility index (Phi) is 9.78. The molecule has 2 saturated heterocycles. The van der Waals surface area contributed by atoms with Gasteiger partial charge in [-0.05, 0) is 25.8 Å². The van der Waals surface area contributed by atoms with E-state index in [4.69, 9.17) is 0 Å². The van der Waals surface area contributed by atoms with E-state index < -0.39 is 18.5 Å². The molecule has 2 N–H and O–H groups in total. The van der Waals surface area contributed by atoms with Crippen molar-refractivity contribution in [3.8, 4) is 0 Å². The zero-order valence-corrected chi connectivity index (χ0v) is 14.6. The molecule has 0 bridgehead atoms. The maximum Gasteiger partial charge on any atom is 0.262 e. The number of alkyl halides is 2. The van der Waals surface area contributed by atoms with Crippen LogP contribution in [0.4, 0.5) is 8.78 Å². The molecule has 2 aliphatic heterocycles. The van der Waals surface area contributed by atoms with E-state index in [1.807, 2.05) is 0 Å². The van der Waals surface area contributed by atoms with Crippen LogP contribution in [0.2, 0.25) is 0 Å². The number of carbonyl (C=O) groups is 1. The van der Waals surface area contributed by atoms with Crippen molar-refractivity contribution in [2.75, 3.05) is 26.2 Å². The largest absolute Gasteiger partial charge is 0.353 e. The molecule has 1 amide bonds. The normalized spacial score (nSPS) is 27.6. The lowest BCUT2D eigenvalue weighted by molar-refractivity contribution is -0.123. The van der Waals surface area contributed by atoms with Gasteiger partial charge in [-0.15, -0.1) is 24.8 Å². The standard InChI is InChI=1S/C14H25F2N3O.2ClH/c1-2-11-5-3-4-7-19(11)8-6-17-13(20)12-9-14(15,16)10-18-12;;/h11-12,18H,2-10H2,1H3,(H,17,20);2*1H. The molecule has 0 spiro atoms. The Hall–Kier alpha value is -0.170. The summed E-state index contributed by atoms with van der Waals surface area (Å²) < 4.78 is 26.0. The van der Waals surface area contributed by atoms with E-state index >= 15 is 0 Å². The predicted octanol–water partition coefficient (Wildman–Crippen LogP) is 2.21. The molecule has 132 valence electrons. The SMILES string of the molecule is CCC1CCCCN1CCNC(=O)C1CC(F)(F)CN1.Cl.Cl. The molecule has 2 unspecified atom stereocenters. The van der Waals surface area contributed by atoms with Crippen LogP contribution in [0.15, 0.2) is 0 Å². The topological polar surface area (TPSA) is 44.4 Å². The summed E-state index contributed by atoms with van der Waals surface area (Å²) in [4.78, 5) is 14.2. The Morgan fingerprint density at radius 2 is 2.09 bits per heavy atom. The van der Waals surface area contributed by atoms with Gasteiger partial charge in [-0.25, -0.2) is 8.78 Å². The number of hydrogen-bond donors (Lipinski definition) is 2. The first-order valence-corrected chi connectivity index (χ1v) is 7.65. The summed E-state index contributed by atoms with van der Waals surface area (Å²) in [6.07, 6.45) is 4.45. The summed E-state index contributed by atoms with van der Waals surface area (Å²) in [6, 6.07) is -0.136. The smallest absolute Gasteiger partial charge is 0.262 e. The Bertz CT molecular complexity index is 348. The van der Waals surface area contributed by atoms with Crippen molar-refractivity contribution in [3.63, 3.8) is 0 Å². The molecule has 22 heavy (non-hydrogen) atoms. The van der Waals surface area contributed by atoms with Crippen LogP contribution in [0.5, 0.6) is 0 Å². The molecule has 2 fully saturated rings. The number of carbonyl (C=O) groups excluding carboxylic acids is 1. The van der Waals surface area contributed by atoms with Crippen LogP contribution in [-0.4, -0.2) is 55.0 Å². The molecule has 0 saturated carbocycles. The van der Waals surface area contributed by atoms with Crippen LogP contribution in [0.3, 0.4) is 0 Å². The van der Waals surface area contributed by atoms with Gasteiger partial charge in [-0.1, -0.05) is 13.3 Å². The van der Waals surface area contributed by atoms with Crippen LogP contribution in [-0.2, 0) is 4.79 Å². The second-order valence-electron chi connectivity index (χ2n) is 5.88. The molecule has 0 aliphatic carbocycles. The highest BCUT2D eigenvalue weighted by atomic mass is 35.5. The molecular weight excluding hydrogens is 335 g/mol. The second kappa shape index (κ2) is 9.85. The van der Waals surface area contributed by atoms with Crippen molar-refractivity contribution in [3.05, 3.63) is 0 Å². The minimum Gasteiger partial charge on any atom is -0.353 e. The van der Waals surface area contributed by atoms with Crippen LogP contribution in [0, 0.1) is 0 Å². The van der Waals surface area contributed by atoms with E-state index in [2.05, 4.69) is 22.5 Å².